The third-order valence-corrected chi connectivity index (χ3v) is 6.53. The van der Waals surface area contributed by atoms with Crippen molar-refractivity contribution in [2.75, 3.05) is 20.2 Å². The monoisotopic (exact) mass is 417 g/mol. The molecular formula is C20H23N3O5S. The zero-order valence-electron chi connectivity index (χ0n) is 16.1. The van der Waals surface area contributed by atoms with Crippen LogP contribution >= 0.6 is 0 Å². The molecule has 0 bridgehead atoms. The van der Waals surface area contributed by atoms with Crippen molar-refractivity contribution in [1.82, 2.24) is 15.2 Å². The molecule has 2 aromatic carbocycles. The van der Waals surface area contributed by atoms with E-state index in [1.165, 1.54) is 28.6 Å². The van der Waals surface area contributed by atoms with Crippen LogP contribution in [0.15, 0.2) is 53.4 Å². The van der Waals surface area contributed by atoms with Gasteiger partial charge in [0.1, 0.15) is 5.75 Å². The van der Waals surface area contributed by atoms with Crippen molar-refractivity contribution in [1.29, 1.82) is 0 Å². The van der Waals surface area contributed by atoms with Gasteiger partial charge >= 0.3 is 0 Å². The molecule has 0 unspecified atom stereocenters. The number of ether oxygens (including phenoxy) is 1. The Morgan fingerprint density at radius 2 is 1.72 bits per heavy atom. The van der Waals surface area contributed by atoms with Crippen molar-refractivity contribution in [2.24, 2.45) is 0 Å². The fourth-order valence-electron chi connectivity index (χ4n) is 3.05. The van der Waals surface area contributed by atoms with Crippen LogP contribution in [0.25, 0.3) is 0 Å². The summed E-state index contributed by atoms with van der Waals surface area (Å²) in [7, 11) is -2.06. The molecule has 8 nitrogen and oxygen atoms in total. The summed E-state index contributed by atoms with van der Waals surface area (Å²) in [6.07, 6.45) is 1.74. The van der Waals surface area contributed by atoms with Crippen LogP contribution in [-0.4, -0.2) is 44.7 Å². The molecule has 1 aliphatic heterocycles. The van der Waals surface area contributed by atoms with Crippen molar-refractivity contribution >= 4 is 21.8 Å². The van der Waals surface area contributed by atoms with Crippen molar-refractivity contribution in [3.63, 3.8) is 0 Å². The summed E-state index contributed by atoms with van der Waals surface area (Å²) in [6, 6.07) is 12.8. The Morgan fingerprint density at radius 1 is 1.03 bits per heavy atom. The number of sulfonamides is 1. The molecule has 2 aromatic rings. The molecular weight excluding hydrogens is 394 g/mol. The number of benzene rings is 2. The predicted octanol–water partition coefficient (Wildman–Crippen LogP) is 1.48. The number of nitrogens with zero attached hydrogens (tertiary/aromatic N) is 1. The predicted molar refractivity (Wildman–Crippen MR) is 107 cm³/mol. The summed E-state index contributed by atoms with van der Waals surface area (Å²) in [4.78, 5) is 24.4. The normalized spacial score (nSPS) is 14.4. The first-order valence-corrected chi connectivity index (χ1v) is 10.7. The van der Waals surface area contributed by atoms with Crippen LogP contribution in [-0.2, 0) is 21.2 Å². The maximum absolute atomic E-state index is 12.6. The van der Waals surface area contributed by atoms with Crippen LogP contribution in [0.5, 0.6) is 5.75 Å². The van der Waals surface area contributed by atoms with Crippen LogP contribution < -0.4 is 15.6 Å². The van der Waals surface area contributed by atoms with Crippen molar-refractivity contribution in [3.8, 4) is 5.75 Å². The topological polar surface area (TPSA) is 105 Å². The summed E-state index contributed by atoms with van der Waals surface area (Å²) in [5.41, 5.74) is 5.57. The highest BCUT2D eigenvalue weighted by Gasteiger charge is 2.27. The first kappa shape index (κ1) is 20.8. The van der Waals surface area contributed by atoms with Crippen LogP contribution in [0.4, 0.5) is 0 Å². The summed E-state index contributed by atoms with van der Waals surface area (Å²) in [5, 5.41) is 0. The summed E-state index contributed by atoms with van der Waals surface area (Å²) >= 11 is 0. The molecule has 2 N–H and O–H groups in total. The summed E-state index contributed by atoms with van der Waals surface area (Å²) in [5.74, 6) is -0.304. The Balaban J connectivity index is 1.59. The molecule has 1 fully saturated rings. The van der Waals surface area contributed by atoms with Gasteiger partial charge in [0.05, 0.1) is 18.4 Å². The molecule has 0 aliphatic carbocycles. The van der Waals surface area contributed by atoms with E-state index in [-0.39, 0.29) is 16.9 Å². The number of carbonyl (C=O) groups is 2. The molecule has 1 saturated heterocycles. The van der Waals surface area contributed by atoms with E-state index in [0.29, 0.717) is 18.8 Å². The van der Waals surface area contributed by atoms with E-state index in [4.69, 9.17) is 4.74 Å². The lowest BCUT2D eigenvalue weighted by Crippen LogP contribution is -2.42. The first-order chi connectivity index (χ1) is 13.9. The van der Waals surface area contributed by atoms with Gasteiger partial charge in [-0.3, -0.25) is 20.4 Å². The van der Waals surface area contributed by atoms with Gasteiger partial charge in [0.25, 0.3) is 5.91 Å². The van der Waals surface area contributed by atoms with Gasteiger partial charge in [-0.1, -0.05) is 18.2 Å². The third kappa shape index (κ3) is 5.12. The molecule has 3 rings (SSSR count). The number of carbonyl (C=O) groups excluding carboxylic acids is 2. The van der Waals surface area contributed by atoms with Gasteiger partial charge in [-0.15, -0.1) is 0 Å². The second-order valence-corrected chi connectivity index (χ2v) is 8.60. The lowest BCUT2D eigenvalue weighted by atomic mass is 10.1. The third-order valence-electron chi connectivity index (χ3n) is 4.64. The molecule has 2 amide bonds. The quantitative estimate of drug-likeness (QED) is 0.693. The average molecular weight is 417 g/mol. The van der Waals surface area contributed by atoms with E-state index in [1.54, 1.807) is 31.4 Å². The van der Waals surface area contributed by atoms with Crippen molar-refractivity contribution in [3.05, 3.63) is 59.7 Å². The zero-order chi connectivity index (χ0) is 20.9. The number of hydrazine groups is 1. The SMILES string of the molecule is COc1ccc(CC(=O)NNC(=O)c2cccc(S(=O)(=O)N3CCCC3)c2)cc1. The van der Waals surface area contributed by atoms with Crippen LogP contribution in [0.1, 0.15) is 28.8 Å². The van der Waals surface area contributed by atoms with Crippen molar-refractivity contribution < 1.29 is 22.7 Å². The highest BCUT2D eigenvalue weighted by Crippen LogP contribution is 2.21. The molecule has 9 heteroatoms. The van der Waals surface area contributed by atoms with Crippen molar-refractivity contribution in [2.45, 2.75) is 24.2 Å². The smallest absolute Gasteiger partial charge is 0.269 e. The van der Waals surface area contributed by atoms with Crippen LogP contribution in [0.2, 0.25) is 0 Å². The summed E-state index contributed by atoms with van der Waals surface area (Å²) in [6.45, 7) is 0.973. The molecule has 1 heterocycles. The minimum absolute atomic E-state index is 0.0663. The highest BCUT2D eigenvalue weighted by atomic mass is 32.2. The number of hydrogen-bond donors (Lipinski definition) is 2. The van der Waals surface area contributed by atoms with Crippen LogP contribution in [0.3, 0.4) is 0 Å². The lowest BCUT2D eigenvalue weighted by Gasteiger charge is -2.16. The maximum atomic E-state index is 12.6. The molecule has 0 saturated carbocycles. The number of hydrogen-bond acceptors (Lipinski definition) is 5. The minimum Gasteiger partial charge on any atom is -0.497 e. The summed E-state index contributed by atoms with van der Waals surface area (Å²) < 4.78 is 31.8. The second-order valence-electron chi connectivity index (χ2n) is 6.67. The molecule has 0 aromatic heterocycles. The maximum Gasteiger partial charge on any atom is 0.269 e. The van der Waals surface area contributed by atoms with E-state index in [1.807, 2.05) is 0 Å². The van der Waals surface area contributed by atoms with Gasteiger partial charge in [-0.2, -0.15) is 4.31 Å². The van der Waals surface area contributed by atoms with Gasteiger partial charge in [0.2, 0.25) is 15.9 Å². The Labute approximate surface area is 169 Å². The lowest BCUT2D eigenvalue weighted by molar-refractivity contribution is -0.121. The van der Waals surface area contributed by atoms with E-state index in [0.717, 1.165) is 18.4 Å². The number of methoxy groups -OCH3 is 1. The van der Waals surface area contributed by atoms with Gasteiger partial charge in [0, 0.05) is 18.7 Å². The Kier molecular flexibility index (Phi) is 6.50. The number of amides is 2. The Bertz CT molecular complexity index is 983. The van der Waals surface area contributed by atoms with E-state index >= 15 is 0 Å². The Hall–Kier alpha value is -2.91. The molecule has 29 heavy (non-hydrogen) atoms. The molecule has 0 atom stereocenters. The Morgan fingerprint density at radius 3 is 2.38 bits per heavy atom. The fraction of sp³-hybridized carbons (Fsp3) is 0.300. The fourth-order valence-corrected chi connectivity index (χ4v) is 4.61. The molecule has 0 spiro atoms. The average Bonchev–Trinajstić information content (AvgIpc) is 3.28. The zero-order valence-corrected chi connectivity index (χ0v) is 16.9. The van der Waals surface area contributed by atoms with E-state index in [9.17, 15) is 18.0 Å². The van der Waals surface area contributed by atoms with E-state index in [2.05, 4.69) is 10.9 Å². The number of nitrogens with one attached hydrogen (secondary N) is 2. The van der Waals surface area contributed by atoms with Crippen LogP contribution in [0, 0.1) is 0 Å². The van der Waals surface area contributed by atoms with Gasteiger partial charge in [0.15, 0.2) is 0 Å². The minimum atomic E-state index is -3.62. The molecule has 1 aliphatic rings. The number of rotatable bonds is 6. The van der Waals surface area contributed by atoms with Gasteiger partial charge < -0.3 is 4.74 Å². The molecule has 154 valence electrons. The van der Waals surface area contributed by atoms with Gasteiger partial charge in [-0.05, 0) is 48.7 Å². The largest absolute Gasteiger partial charge is 0.497 e. The van der Waals surface area contributed by atoms with Gasteiger partial charge in [-0.25, -0.2) is 8.42 Å². The molecule has 0 radical (unpaired) electrons. The standard InChI is InChI=1S/C20H23N3O5S/c1-28-17-9-7-15(8-10-17)13-19(24)21-22-20(25)16-5-4-6-18(14-16)29(26,27)23-11-2-3-12-23/h4-10,14H,2-3,11-13H2,1H3,(H,21,24)(H,22,25). The van der Waals surface area contributed by atoms with E-state index < -0.39 is 21.8 Å². The highest BCUT2D eigenvalue weighted by molar-refractivity contribution is 7.89. The first-order valence-electron chi connectivity index (χ1n) is 9.22. The second kappa shape index (κ2) is 9.06.